The molecule has 1 amide bonds. The van der Waals surface area contributed by atoms with Crippen LogP contribution in [0.2, 0.25) is 0 Å². The van der Waals surface area contributed by atoms with Crippen LogP contribution in [0.5, 0.6) is 0 Å². The molecule has 0 aromatic carbocycles. The van der Waals surface area contributed by atoms with Gasteiger partial charge in [-0.25, -0.2) is 4.79 Å². The van der Waals surface area contributed by atoms with E-state index in [1.165, 1.54) is 0 Å². The first kappa shape index (κ1) is 13.9. The van der Waals surface area contributed by atoms with E-state index in [1.807, 2.05) is 0 Å². The summed E-state index contributed by atoms with van der Waals surface area (Å²) < 4.78 is 0. The summed E-state index contributed by atoms with van der Waals surface area (Å²) in [5.41, 5.74) is 5.31. The maximum Gasteiger partial charge on any atom is 0.326 e. The summed E-state index contributed by atoms with van der Waals surface area (Å²) in [6, 6.07) is -0.757. The van der Waals surface area contributed by atoms with Gasteiger partial charge in [-0.3, -0.25) is 4.79 Å². The largest absolute Gasteiger partial charge is 0.480 e. The molecule has 0 radical (unpaired) electrons. The second-order valence-electron chi connectivity index (χ2n) is 3.47. The lowest BCUT2D eigenvalue weighted by Gasteiger charge is -2.11. The highest BCUT2D eigenvalue weighted by Gasteiger charge is 2.16. The van der Waals surface area contributed by atoms with Gasteiger partial charge < -0.3 is 16.2 Å². The van der Waals surface area contributed by atoms with Gasteiger partial charge in [-0.15, -0.1) is 0 Å². The van der Waals surface area contributed by atoms with E-state index in [0.29, 0.717) is 19.4 Å². The average Bonchev–Trinajstić information content (AvgIpc) is 2.20. The van der Waals surface area contributed by atoms with Crippen molar-refractivity contribution in [2.24, 2.45) is 5.73 Å². The summed E-state index contributed by atoms with van der Waals surface area (Å²) in [5.74, 6) is -1.17. The van der Waals surface area contributed by atoms with E-state index in [-0.39, 0.29) is 5.91 Å². The Kier molecular flexibility index (Phi) is 7.62. The number of aliphatic carboxylic acids is 1. The van der Waals surface area contributed by atoms with E-state index in [4.69, 9.17) is 10.8 Å². The van der Waals surface area contributed by atoms with Crippen molar-refractivity contribution in [1.82, 2.24) is 5.32 Å². The summed E-state index contributed by atoms with van der Waals surface area (Å²) in [7, 11) is 0. The Morgan fingerprint density at radius 3 is 2.47 bits per heavy atom. The van der Waals surface area contributed by atoms with Crippen LogP contribution in [0.3, 0.4) is 0 Å². The Balaban J connectivity index is 3.67. The lowest BCUT2D eigenvalue weighted by atomic mass is 10.1. The fourth-order valence-electron chi connectivity index (χ4n) is 1.21. The van der Waals surface area contributed by atoms with E-state index in [2.05, 4.69) is 5.32 Å². The summed E-state index contributed by atoms with van der Waals surface area (Å²) in [5, 5.41) is 11.2. The van der Waals surface area contributed by atoms with Gasteiger partial charge in [-0.2, -0.15) is 0 Å². The van der Waals surface area contributed by atoms with Crippen LogP contribution in [0.25, 0.3) is 0 Å². The highest BCUT2D eigenvalue weighted by molar-refractivity contribution is 5.83. The monoisotopic (exact) mass is 216 g/mol. The molecule has 0 spiro atoms. The number of hydrogen-bond acceptors (Lipinski definition) is 3. The molecule has 0 bridgehead atoms. The molecule has 0 aromatic heterocycles. The van der Waals surface area contributed by atoms with Gasteiger partial charge in [0.15, 0.2) is 0 Å². The number of carboxylic acid groups (broad SMARTS) is 1. The van der Waals surface area contributed by atoms with E-state index < -0.39 is 12.0 Å². The SMILES string of the molecule is CCC(NC(=O)CCCCCN)C(=O)O. The number of nitrogens with one attached hydrogen (secondary N) is 1. The van der Waals surface area contributed by atoms with Crippen molar-refractivity contribution in [3.8, 4) is 0 Å². The van der Waals surface area contributed by atoms with Crippen molar-refractivity contribution >= 4 is 11.9 Å². The van der Waals surface area contributed by atoms with E-state index in [0.717, 1.165) is 19.3 Å². The van der Waals surface area contributed by atoms with Crippen LogP contribution in [0.4, 0.5) is 0 Å². The standard InChI is InChI=1S/C10H20N2O3/c1-2-8(10(14)15)12-9(13)6-4-3-5-7-11/h8H,2-7,11H2,1H3,(H,12,13)(H,14,15). The Hall–Kier alpha value is -1.10. The van der Waals surface area contributed by atoms with Crippen LogP contribution < -0.4 is 11.1 Å². The van der Waals surface area contributed by atoms with Crippen LogP contribution in [-0.2, 0) is 9.59 Å². The molecule has 0 heterocycles. The van der Waals surface area contributed by atoms with Crippen molar-refractivity contribution < 1.29 is 14.7 Å². The van der Waals surface area contributed by atoms with Gasteiger partial charge in [0, 0.05) is 6.42 Å². The number of rotatable bonds is 8. The summed E-state index contributed by atoms with van der Waals surface area (Å²) >= 11 is 0. The minimum absolute atomic E-state index is 0.193. The molecule has 5 heteroatoms. The zero-order valence-corrected chi connectivity index (χ0v) is 9.16. The molecule has 0 aliphatic rings. The first-order chi connectivity index (χ1) is 7.11. The molecule has 15 heavy (non-hydrogen) atoms. The number of carbonyl (C=O) groups excluding carboxylic acids is 1. The van der Waals surface area contributed by atoms with Crippen molar-refractivity contribution in [1.29, 1.82) is 0 Å². The molecular formula is C10H20N2O3. The maximum atomic E-state index is 11.3. The third-order valence-electron chi connectivity index (χ3n) is 2.15. The smallest absolute Gasteiger partial charge is 0.326 e. The number of unbranched alkanes of at least 4 members (excludes halogenated alkanes) is 2. The Labute approximate surface area is 90.0 Å². The fourth-order valence-corrected chi connectivity index (χ4v) is 1.21. The predicted molar refractivity (Wildman–Crippen MR) is 57.4 cm³/mol. The third-order valence-corrected chi connectivity index (χ3v) is 2.15. The zero-order chi connectivity index (χ0) is 11.7. The molecule has 0 fully saturated rings. The minimum Gasteiger partial charge on any atom is -0.480 e. The number of nitrogens with two attached hydrogens (primary N) is 1. The number of hydrogen-bond donors (Lipinski definition) is 3. The van der Waals surface area contributed by atoms with Crippen molar-refractivity contribution in [2.75, 3.05) is 6.54 Å². The molecular weight excluding hydrogens is 196 g/mol. The molecule has 1 atom stereocenters. The lowest BCUT2D eigenvalue weighted by Crippen LogP contribution is -2.40. The maximum absolute atomic E-state index is 11.3. The molecule has 88 valence electrons. The van der Waals surface area contributed by atoms with E-state index in [1.54, 1.807) is 6.92 Å². The van der Waals surface area contributed by atoms with Crippen molar-refractivity contribution in [2.45, 2.75) is 45.1 Å². The van der Waals surface area contributed by atoms with Gasteiger partial charge in [-0.1, -0.05) is 13.3 Å². The lowest BCUT2D eigenvalue weighted by molar-refractivity contribution is -0.141. The van der Waals surface area contributed by atoms with Gasteiger partial charge in [0.25, 0.3) is 0 Å². The van der Waals surface area contributed by atoms with Crippen molar-refractivity contribution in [3.05, 3.63) is 0 Å². The van der Waals surface area contributed by atoms with E-state index >= 15 is 0 Å². The molecule has 0 aliphatic carbocycles. The fraction of sp³-hybridized carbons (Fsp3) is 0.800. The summed E-state index contributed by atoms with van der Waals surface area (Å²) in [6.45, 7) is 2.36. The zero-order valence-electron chi connectivity index (χ0n) is 9.16. The molecule has 0 aliphatic heterocycles. The number of carboxylic acids is 1. The first-order valence-electron chi connectivity index (χ1n) is 5.34. The van der Waals surface area contributed by atoms with Gasteiger partial charge in [-0.05, 0) is 25.8 Å². The summed E-state index contributed by atoms with van der Waals surface area (Å²) in [4.78, 5) is 21.9. The van der Waals surface area contributed by atoms with Gasteiger partial charge >= 0.3 is 5.97 Å². The molecule has 5 nitrogen and oxygen atoms in total. The third kappa shape index (κ3) is 6.90. The van der Waals surface area contributed by atoms with Crippen LogP contribution in [0, 0.1) is 0 Å². The molecule has 0 rings (SSSR count). The van der Waals surface area contributed by atoms with Crippen LogP contribution in [0.15, 0.2) is 0 Å². The highest BCUT2D eigenvalue weighted by atomic mass is 16.4. The Morgan fingerprint density at radius 2 is 2.00 bits per heavy atom. The molecule has 1 unspecified atom stereocenters. The van der Waals surface area contributed by atoms with Gasteiger partial charge in [0.2, 0.25) is 5.91 Å². The van der Waals surface area contributed by atoms with E-state index in [9.17, 15) is 9.59 Å². The highest BCUT2D eigenvalue weighted by Crippen LogP contribution is 2.00. The summed E-state index contributed by atoms with van der Waals surface area (Å²) in [6.07, 6.45) is 3.37. The Morgan fingerprint density at radius 1 is 1.33 bits per heavy atom. The minimum atomic E-state index is -0.979. The normalized spacial score (nSPS) is 12.1. The number of amides is 1. The van der Waals surface area contributed by atoms with Crippen LogP contribution in [-0.4, -0.2) is 29.6 Å². The second kappa shape index (κ2) is 8.23. The molecule has 0 saturated carbocycles. The Bertz CT molecular complexity index is 207. The van der Waals surface area contributed by atoms with Crippen LogP contribution in [0.1, 0.15) is 39.0 Å². The quantitative estimate of drug-likeness (QED) is 0.515. The van der Waals surface area contributed by atoms with Gasteiger partial charge in [0.1, 0.15) is 6.04 Å². The van der Waals surface area contributed by atoms with Gasteiger partial charge in [0.05, 0.1) is 0 Å². The first-order valence-corrected chi connectivity index (χ1v) is 5.34. The molecule has 4 N–H and O–H groups in total. The average molecular weight is 216 g/mol. The predicted octanol–water partition coefficient (Wildman–Crippen LogP) is 0.485. The van der Waals surface area contributed by atoms with Crippen LogP contribution >= 0.6 is 0 Å². The van der Waals surface area contributed by atoms with Crippen molar-refractivity contribution in [3.63, 3.8) is 0 Å². The molecule has 0 saturated heterocycles. The number of carbonyl (C=O) groups is 2. The second-order valence-corrected chi connectivity index (χ2v) is 3.47. The molecule has 0 aromatic rings. The topological polar surface area (TPSA) is 92.4 Å².